The topological polar surface area (TPSA) is 86.9 Å². The number of hydrogen-bond acceptors (Lipinski definition) is 3. The number of amidine groups is 2. The minimum atomic E-state index is 0.236. The molecule has 7 heteroatoms. The van der Waals surface area contributed by atoms with Crippen molar-refractivity contribution in [3.63, 3.8) is 0 Å². The van der Waals surface area contributed by atoms with Gasteiger partial charge in [0, 0.05) is 72.1 Å². The van der Waals surface area contributed by atoms with Gasteiger partial charge in [0.25, 0.3) is 0 Å². The van der Waals surface area contributed by atoms with E-state index in [0.29, 0.717) is 34.2 Å². The van der Waals surface area contributed by atoms with Crippen LogP contribution in [0.4, 0.5) is 0 Å². The molecule has 0 aliphatic heterocycles. The van der Waals surface area contributed by atoms with Crippen LogP contribution in [0.25, 0.3) is 102 Å². The smallest absolute Gasteiger partial charge is 0.157 e. The summed E-state index contributed by atoms with van der Waals surface area (Å²) in [6.07, 6.45) is 13.4. The Bertz CT molecular complexity index is 4180. The fourth-order valence-corrected chi connectivity index (χ4v) is 10.1. The van der Waals surface area contributed by atoms with Crippen LogP contribution >= 0.6 is 0 Å². The lowest BCUT2D eigenvalue weighted by Crippen LogP contribution is -2.28. The van der Waals surface area contributed by atoms with Crippen LogP contribution in [-0.4, -0.2) is 20.8 Å². The normalized spacial score (nSPS) is 12.9. The third-order valence-corrected chi connectivity index (χ3v) is 13.6. The molecule has 0 unspecified atom stereocenters. The van der Waals surface area contributed by atoms with Crippen molar-refractivity contribution in [3.05, 3.63) is 252 Å². The molecule has 0 bridgehead atoms. The number of aliphatic imine (C=N–C) groups is 2. The first-order chi connectivity index (χ1) is 35.3. The monoisotopic (exact) mass is 933 g/mol. The molecule has 4 aromatic heterocycles. The van der Waals surface area contributed by atoms with Crippen molar-refractivity contribution in [3.8, 4) is 22.5 Å². The van der Waals surface area contributed by atoms with E-state index in [9.17, 15) is 0 Å². The summed E-state index contributed by atoms with van der Waals surface area (Å²) in [7, 11) is 0. The molecule has 348 valence electrons. The average molecular weight is 934 g/mol. The lowest BCUT2D eigenvalue weighted by molar-refractivity contribution is 0.577. The van der Waals surface area contributed by atoms with Crippen LogP contribution in [-0.2, 0) is 6.54 Å². The van der Waals surface area contributed by atoms with E-state index < -0.39 is 0 Å². The lowest BCUT2D eigenvalue weighted by Gasteiger charge is -2.11. The van der Waals surface area contributed by atoms with E-state index in [1.807, 2.05) is 54.6 Å². The molecule has 0 saturated heterocycles. The molecular formula is C65H51N5O2. The van der Waals surface area contributed by atoms with Crippen LogP contribution in [0.3, 0.4) is 0 Å². The number of allylic oxidation sites excluding steroid dienone is 4. The van der Waals surface area contributed by atoms with E-state index in [1.54, 1.807) is 18.2 Å². The highest BCUT2D eigenvalue weighted by molar-refractivity contribution is 6.25. The van der Waals surface area contributed by atoms with Crippen molar-refractivity contribution in [2.75, 3.05) is 0 Å². The fraction of sp³-hybridized carbons (Fsp3) is 0.0462. The van der Waals surface area contributed by atoms with Crippen LogP contribution in [0, 0.1) is 13.8 Å². The van der Waals surface area contributed by atoms with Crippen molar-refractivity contribution < 1.29 is 8.83 Å². The van der Waals surface area contributed by atoms with E-state index in [4.69, 9.17) is 24.6 Å². The van der Waals surface area contributed by atoms with Gasteiger partial charge in [-0.3, -0.25) is 4.99 Å². The van der Waals surface area contributed by atoms with Gasteiger partial charge >= 0.3 is 0 Å². The number of benzene rings is 7. The number of para-hydroxylation sites is 2. The number of nitrogens with two attached hydrogens (primary N) is 1. The zero-order valence-electron chi connectivity index (χ0n) is 40.3. The predicted molar refractivity (Wildman–Crippen MR) is 304 cm³/mol. The lowest BCUT2D eigenvalue weighted by atomic mass is 9.97. The minimum absolute atomic E-state index is 0.236. The Morgan fingerprint density at radius 1 is 0.597 bits per heavy atom. The Hall–Kier alpha value is -9.46. The van der Waals surface area contributed by atoms with Crippen LogP contribution in [0.2, 0.25) is 0 Å². The standard InChI is InChI=1S/C65H51N5O2/c1-7-10-27-55-41(4)42(5)56(28-11-8-2)70(55)48-33-34-52-61(39-48)72-60-30-20-26-50(63(52)60)45-32-36-59-54(37-45)62(43(6)71-59)49(9-3)64(66)68-65(67-40-44-21-14-12-15-22-44)46-31-35-58-53(38-46)51-25-18-19-29-57(51)69(58)47-23-16-13-17-24-47/h7-39H,1-3,6,40H2,4-5H3,(H2,66,67,68)/b27-10-,28-11-,62-49-. The van der Waals surface area contributed by atoms with Gasteiger partial charge in [-0.2, -0.15) is 0 Å². The molecule has 0 spiro atoms. The molecule has 7 aromatic carbocycles. The molecule has 7 nitrogen and oxygen atoms in total. The summed E-state index contributed by atoms with van der Waals surface area (Å²) in [6.45, 7) is 21.2. The van der Waals surface area contributed by atoms with Crippen LogP contribution in [0.1, 0.15) is 33.6 Å². The summed E-state index contributed by atoms with van der Waals surface area (Å²) in [6, 6.07) is 54.2. The van der Waals surface area contributed by atoms with E-state index >= 15 is 0 Å². The molecule has 0 fully saturated rings. The maximum absolute atomic E-state index is 7.13. The Labute approximate surface area is 417 Å². The van der Waals surface area contributed by atoms with Gasteiger partial charge in [0.1, 0.15) is 28.0 Å². The van der Waals surface area contributed by atoms with Gasteiger partial charge in [-0.1, -0.05) is 142 Å². The number of rotatable bonds is 12. The highest BCUT2D eigenvalue weighted by atomic mass is 16.3. The average Bonchev–Trinajstić information content (AvgIpc) is 4.13. The highest BCUT2D eigenvalue weighted by Crippen LogP contribution is 2.39. The van der Waals surface area contributed by atoms with Gasteiger partial charge in [-0.25, -0.2) is 4.99 Å². The van der Waals surface area contributed by atoms with Gasteiger partial charge in [-0.05, 0) is 121 Å². The largest absolute Gasteiger partial charge is 0.457 e. The molecule has 0 atom stereocenters. The molecule has 0 amide bonds. The van der Waals surface area contributed by atoms with E-state index in [0.717, 1.165) is 94.1 Å². The number of aromatic nitrogens is 2. The second kappa shape index (κ2) is 18.8. The third kappa shape index (κ3) is 7.83. The van der Waals surface area contributed by atoms with Crippen molar-refractivity contribution in [2.24, 2.45) is 15.7 Å². The third-order valence-electron chi connectivity index (χ3n) is 13.6. The Morgan fingerprint density at radius 3 is 2.04 bits per heavy atom. The highest BCUT2D eigenvalue weighted by Gasteiger charge is 2.20. The van der Waals surface area contributed by atoms with Gasteiger partial charge in [-0.15, -0.1) is 0 Å². The van der Waals surface area contributed by atoms with Crippen LogP contribution < -0.4 is 16.4 Å². The van der Waals surface area contributed by atoms with E-state index in [1.165, 1.54) is 11.1 Å². The Kier molecular flexibility index (Phi) is 11.8. The maximum atomic E-state index is 7.13. The zero-order valence-corrected chi connectivity index (χ0v) is 40.3. The van der Waals surface area contributed by atoms with Crippen molar-refractivity contribution in [2.45, 2.75) is 20.4 Å². The number of furan rings is 2. The van der Waals surface area contributed by atoms with Crippen molar-refractivity contribution in [1.29, 1.82) is 0 Å². The Balaban J connectivity index is 1.04. The summed E-state index contributed by atoms with van der Waals surface area (Å²) in [5.74, 6) is 0.727. The molecule has 11 aromatic rings. The summed E-state index contributed by atoms with van der Waals surface area (Å²) in [5.41, 5.74) is 23.0. The fourth-order valence-electron chi connectivity index (χ4n) is 10.1. The van der Waals surface area contributed by atoms with Gasteiger partial charge < -0.3 is 23.7 Å². The quantitative estimate of drug-likeness (QED) is 0.0752. The first kappa shape index (κ1) is 45.0. The number of fused-ring (bicyclic) bond motifs is 7. The zero-order chi connectivity index (χ0) is 49.5. The summed E-state index contributed by atoms with van der Waals surface area (Å²) < 4.78 is 17.6. The van der Waals surface area contributed by atoms with Crippen LogP contribution in [0.15, 0.2) is 227 Å². The summed E-state index contributed by atoms with van der Waals surface area (Å²) in [4.78, 5) is 10.3. The first-order valence-electron chi connectivity index (χ1n) is 23.9. The SMILES string of the molecule is C=C/C=C\c1c(C)c(C)c(/C=C\C=C)n1-c1ccc2c(c1)oc1cccc(-c3ccc4oc(=C)/c(=C(\C=C)C(N)=NC(=NCc5ccccc5)c5ccc6c(c5)c5ccccc5n6-c5ccccc5)c4c3)c12. The maximum Gasteiger partial charge on any atom is 0.157 e. The van der Waals surface area contributed by atoms with Crippen molar-refractivity contribution in [1.82, 2.24) is 9.13 Å². The molecule has 2 N–H and O–H groups in total. The van der Waals surface area contributed by atoms with E-state index in [-0.39, 0.29) is 5.84 Å². The van der Waals surface area contributed by atoms with Gasteiger partial charge in [0.05, 0.1) is 17.6 Å². The first-order valence-corrected chi connectivity index (χ1v) is 23.9. The van der Waals surface area contributed by atoms with Gasteiger partial charge in [0.15, 0.2) is 5.84 Å². The molecule has 72 heavy (non-hydrogen) atoms. The number of nitrogens with zero attached hydrogens (tertiary/aromatic N) is 4. The van der Waals surface area contributed by atoms with Crippen LogP contribution in [0.5, 0.6) is 0 Å². The summed E-state index contributed by atoms with van der Waals surface area (Å²) >= 11 is 0. The van der Waals surface area contributed by atoms with Gasteiger partial charge in [0.2, 0.25) is 0 Å². The molecule has 0 aliphatic carbocycles. The molecule has 0 saturated carbocycles. The second-order valence-electron chi connectivity index (χ2n) is 17.8. The molecule has 0 aliphatic rings. The van der Waals surface area contributed by atoms with Crippen molar-refractivity contribution >= 4 is 90.7 Å². The second-order valence-corrected chi connectivity index (χ2v) is 17.8. The molecule has 4 heterocycles. The molecular weight excluding hydrogens is 883 g/mol. The summed E-state index contributed by atoms with van der Waals surface area (Å²) in [5, 5.41) is 5.75. The van der Waals surface area contributed by atoms with E-state index in [2.05, 4.69) is 177 Å². The number of hydrogen-bond donors (Lipinski definition) is 1. The predicted octanol–water partition coefficient (Wildman–Crippen LogP) is 14.7. The molecule has 0 radical (unpaired) electrons. The molecule has 11 rings (SSSR count). The Morgan fingerprint density at radius 2 is 1.31 bits per heavy atom. The minimum Gasteiger partial charge on any atom is -0.457 e.